The first-order valence-electron chi connectivity index (χ1n) is 11.8. The van der Waals surface area contributed by atoms with Crippen molar-refractivity contribution in [3.05, 3.63) is 54.1 Å². The summed E-state index contributed by atoms with van der Waals surface area (Å²) in [7, 11) is 1.20. The van der Waals surface area contributed by atoms with Gasteiger partial charge in [-0.2, -0.15) is 0 Å². The summed E-state index contributed by atoms with van der Waals surface area (Å²) in [5.74, 6) is -3.64. The summed E-state index contributed by atoms with van der Waals surface area (Å²) in [6.45, 7) is 6.43. The van der Waals surface area contributed by atoms with Gasteiger partial charge in [0.25, 0.3) is 5.91 Å². The van der Waals surface area contributed by atoms with E-state index in [2.05, 4.69) is 5.32 Å². The summed E-state index contributed by atoms with van der Waals surface area (Å²) in [5, 5.41) is 12.0. The van der Waals surface area contributed by atoms with Gasteiger partial charge in [-0.1, -0.05) is 52.0 Å². The van der Waals surface area contributed by atoms with Gasteiger partial charge in [0.2, 0.25) is 0 Å². The lowest BCUT2D eigenvalue weighted by molar-refractivity contribution is -0.140. The first kappa shape index (κ1) is 28.1. The molecule has 0 saturated carbocycles. The Labute approximate surface area is 219 Å². The number of hydrogen-bond donors (Lipinski definition) is 3. The van der Waals surface area contributed by atoms with E-state index in [1.165, 1.54) is 25.2 Å². The fourth-order valence-electron chi connectivity index (χ4n) is 3.84. The van der Waals surface area contributed by atoms with E-state index in [1.807, 2.05) is 0 Å². The van der Waals surface area contributed by atoms with E-state index in [0.29, 0.717) is 5.69 Å². The van der Waals surface area contributed by atoms with Gasteiger partial charge in [-0.05, 0) is 29.8 Å². The van der Waals surface area contributed by atoms with Crippen molar-refractivity contribution >= 4 is 35.7 Å². The lowest BCUT2D eigenvalue weighted by Gasteiger charge is -2.49. The maximum absolute atomic E-state index is 13.7. The van der Waals surface area contributed by atoms with Gasteiger partial charge in [-0.3, -0.25) is 24.2 Å². The zero-order valence-electron chi connectivity index (χ0n) is 21.6. The third-order valence-electron chi connectivity index (χ3n) is 5.96. The topological polar surface area (TPSA) is 169 Å². The average molecular weight is 527 g/mol. The Morgan fingerprint density at radius 1 is 0.947 bits per heavy atom. The number of likely N-dealkylation sites (N-methyl/N-ethyl adjacent to an activating group) is 1. The summed E-state index contributed by atoms with van der Waals surface area (Å²) in [6.07, 6.45) is -3.16. The summed E-state index contributed by atoms with van der Waals surface area (Å²) in [4.78, 5) is 65.4. The van der Waals surface area contributed by atoms with Crippen molar-refractivity contribution in [3.63, 3.8) is 0 Å². The van der Waals surface area contributed by atoms with Crippen LogP contribution >= 0.6 is 0 Å². The van der Waals surface area contributed by atoms with Crippen molar-refractivity contribution in [3.8, 4) is 11.5 Å². The molecular weight excluding hydrogens is 496 g/mol. The highest BCUT2D eigenvalue weighted by atomic mass is 16.6. The summed E-state index contributed by atoms with van der Waals surface area (Å²) < 4.78 is 10.8. The summed E-state index contributed by atoms with van der Waals surface area (Å²) >= 11 is 0. The van der Waals surface area contributed by atoms with Crippen LogP contribution in [0.4, 0.5) is 15.3 Å². The first-order chi connectivity index (χ1) is 17.8. The molecule has 0 bridgehead atoms. The smallest absolute Gasteiger partial charge is 0.405 e. The highest BCUT2D eigenvalue weighted by Gasteiger charge is 2.58. The molecule has 0 radical (unpaired) electrons. The molecule has 1 heterocycles. The van der Waals surface area contributed by atoms with Gasteiger partial charge >= 0.3 is 24.1 Å². The molecule has 1 aliphatic rings. The van der Waals surface area contributed by atoms with E-state index in [1.54, 1.807) is 58.0 Å². The molecule has 0 aromatic heterocycles. The fourth-order valence-corrected chi connectivity index (χ4v) is 3.84. The number of carbonyl (C=O) groups is 5. The van der Waals surface area contributed by atoms with Gasteiger partial charge in [0, 0.05) is 12.7 Å². The Hall–Kier alpha value is -4.45. The standard InChI is InChI=1S/C26H30N4O8/c1-14(2)20(31)37-18-12-11-16(13-19(18)38-21(32)15(3)4)26(28-24(34)35)22(27)30(17-9-7-6-8-10-17)25(36)29(5)23(26)33/h6-15,22,28H,27H2,1-5H3,(H,34,35). The molecule has 0 aliphatic carbocycles. The molecule has 4 amide bonds. The van der Waals surface area contributed by atoms with Crippen molar-refractivity contribution in [1.82, 2.24) is 10.2 Å². The number of rotatable bonds is 7. The van der Waals surface area contributed by atoms with Gasteiger partial charge in [-0.15, -0.1) is 0 Å². The Morgan fingerprint density at radius 3 is 2.03 bits per heavy atom. The number of carboxylic acid groups (broad SMARTS) is 1. The number of anilines is 1. The number of imide groups is 1. The number of amides is 4. The Bertz CT molecular complexity index is 1260. The lowest BCUT2D eigenvalue weighted by atomic mass is 9.82. The van der Waals surface area contributed by atoms with Crippen LogP contribution in [0.5, 0.6) is 11.5 Å². The van der Waals surface area contributed by atoms with E-state index in [4.69, 9.17) is 15.2 Å². The Morgan fingerprint density at radius 2 is 1.50 bits per heavy atom. The molecule has 4 N–H and O–H groups in total. The molecule has 2 unspecified atom stereocenters. The second-order valence-electron chi connectivity index (χ2n) is 9.35. The van der Waals surface area contributed by atoms with E-state index < -0.39 is 53.5 Å². The second kappa shape index (κ2) is 10.9. The quantitative estimate of drug-likeness (QED) is 0.363. The molecule has 3 rings (SSSR count). The van der Waals surface area contributed by atoms with Crippen molar-refractivity contribution in [1.29, 1.82) is 0 Å². The van der Waals surface area contributed by atoms with Crippen LogP contribution in [-0.4, -0.2) is 53.2 Å². The third kappa shape index (κ3) is 5.16. The molecule has 38 heavy (non-hydrogen) atoms. The first-order valence-corrected chi connectivity index (χ1v) is 11.8. The molecule has 202 valence electrons. The molecule has 12 heteroatoms. The van der Waals surface area contributed by atoms with E-state index in [0.717, 1.165) is 9.80 Å². The number of nitrogens with zero attached hydrogens (tertiary/aromatic N) is 2. The Kier molecular flexibility index (Phi) is 8.06. The minimum Gasteiger partial charge on any atom is -0.465 e. The van der Waals surface area contributed by atoms with Gasteiger partial charge in [0.05, 0.1) is 11.8 Å². The molecule has 12 nitrogen and oxygen atoms in total. The van der Waals surface area contributed by atoms with Gasteiger partial charge < -0.3 is 25.6 Å². The number of nitrogens with one attached hydrogen (secondary N) is 1. The molecular formula is C26H30N4O8. The van der Waals surface area contributed by atoms with Crippen molar-refractivity contribution in [2.75, 3.05) is 11.9 Å². The largest absolute Gasteiger partial charge is 0.465 e. The number of urea groups is 1. The van der Waals surface area contributed by atoms with Gasteiger partial charge in [-0.25, -0.2) is 9.59 Å². The van der Waals surface area contributed by atoms with Crippen LogP contribution in [0.1, 0.15) is 33.3 Å². The molecule has 1 fully saturated rings. The van der Waals surface area contributed by atoms with Crippen LogP contribution in [0, 0.1) is 11.8 Å². The predicted octanol–water partition coefficient (Wildman–Crippen LogP) is 2.66. The van der Waals surface area contributed by atoms with Crippen molar-refractivity contribution < 1.29 is 38.6 Å². The number of hydrogen-bond acceptors (Lipinski definition) is 8. The Balaban J connectivity index is 2.25. The lowest BCUT2D eigenvalue weighted by Crippen LogP contribution is -2.76. The molecule has 2 aromatic rings. The fraction of sp³-hybridized carbons (Fsp3) is 0.346. The summed E-state index contributed by atoms with van der Waals surface area (Å²) in [5.41, 5.74) is 4.55. The van der Waals surface area contributed by atoms with Crippen LogP contribution in [0.15, 0.2) is 48.5 Å². The van der Waals surface area contributed by atoms with Crippen LogP contribution in [0.2, 0.25) is 0 Å². The van der Waals surface area contributed by atoms with E-state index in [9.17, 15) is 29.1 Å². The zero-order valence-corrected chi connectivity index (χ0v) is 21.6. The highest BCUT2D eigenvalue weighted by Crippen LogP contribution is 2.40. The second-order valence-corrected chi connectivity index (χ2v) is 9.35. The van der Waals surface area contributed by atoms with Crippen LogP contribution in [0.25, 0.3) is 0 Å². The number of nitrogens with two attached hydrogens (primary N) is 1. The van der Waals surface area contributed by atoms with Crippen molar-refractivity contribution in [2.24, 2.45) is 17.6 Å². The molecule has 0 spiro atoms. The van der Waals surface area contributed by atoms with Gasteiger partial charge in [0.15, 0.2) is 17.0 Å². The highest BCUT2D eigenvalue weighted by molar-refractivity contribution is 6.11. The van der Waals surface area contributed by atoms with Crippen molar-refractivity contribution in [2.45, 2.75) is 39.4 Å². The minimum absolute atomic E-state index is 0.0476. The summed E-state index contributed by atoms with van der Waals surface area (Å²) in [6, 6.07) is 11.2. The van der Waals surface area contributed by atoms with Crippen LogP contribution in [-0.2, 0) is 19.9 Å². The zero-order chi connectivity index (χ0) is 28.4. The minimum atomic E-state index is -2.23. The monoisotopic (exact) mass is 526 g/mol. The third-order valence-corrected chi connectivity index (χ3v) is 5.96. The molecule has 1 aliphatic heterocycles. The SMILES string of the molecule is CC(C)C(=O)Oc1ccc(C2(NC(=O)O)C(=O)N(C)C(=O)N(c3ccccc3)C2N)cc1OC(=O)C(C)C. The maximum Gasteiger partial charge on any atom is 0.405 e. The number of para-hydroxylation sites is 1. The van der Waals surface area contributed by atoms with E-state index in [-0.39, 0.29) is 17.1 Å². The number of esters is 2. The molecule has 2 atom stereocenters. The number of benzene rings is 2. The van der Waals surface area contributed by atoms with Crippen LogP contribution in [0.3, 0.4) is 0 Å². The number of carbonyl (C=O) groups excluding carboxylic acids is 4. The molecule has 2 aromatic carbocycles. The van der Waals surface area contributed by atoms with Crippen LogP contribution < -0.4 is 25.4 Å². The normalized spacial score (nSPS) is 19.5. The maximum atomic E-state index is 13.7. The number of ether oxygens (including phenoxy) is 2. The predicted molar refractivity (Wildman–Crippen MR) is 135 cm³/mol. The van der Waals surface area contributed by atoms with E-state index >= 15 is 0 Å². The molecule has 1 saturated heterocycles. The average Bonchev–Trinajstić information content (AvgIpc) is 2.86. The van der Waals surface area contributed by atoms with Gasteiger partial charge in [0.1, 0.15) is 6.17 Å².